The van der Waals surface area contributed by atoms with E-state index in [-0.39, 0.29) is 12.5 Å². The number of benzene rings is 3. The van der Waals surface area contributed by atoms with Crippen molar-refractivity contribution in [2.75, 3.05) is 26.3 Å². The standard InChI is InChI=1S/C33H35F2NO2/c1-2-27-29(7-4-9-31(27)35)30-8-3-6-25-19-26(33(37)38)14-15-28(25)32(30)24-12-10-22(11-13-24)18-23-20-36(21-23)17-5-16-34/h4,7,9-15,19,23H,2-3,5-6,8,16-18,20-21H2,1H3,(H,37,38). The third kappa shape index (κ3) is 5.44. The number of aromatic carboxylic acids is 1. The number of alkyl halides is 1. The molecule has 5 rings (SSSR count). The smallest absolute Gasteiger partial charge is 0.335 e. The quantitative estimate of drug-likeness (QED) is 0.327. The van der Waals surface area contributed by atoms with Gasteiger partial charge < -0.3 is 10.0 Å². The van der Waals surface area contributed by atoms with Crippen molar-refractivity contribution in [1.29, 1.82) is 0 Å². The Labute approximate surface area is 223 Å². The first kappa shape index (κ1) is 26.3. The minimum absolute atomic E-state index is 0.182. The lowest BCUT2D eigenvalue weighted by Gasteiger charge is -2.39. The highest BCUT2D eigenvalue weighted by Crippen LogP contribution is 2.41. The fraction of sp³-hybridized carbons (Fsp3) is 0.364. The van der Waals surface area contributed by atoms with Gasteiger partial charge in [-0.15, -0.1) is 0 Å². The molecule has 0 spiro atoms. The molecular weight excluding hydrogens is 480 g/mol. The summed E-state index contributed by atoms with van der Waals surface area (Å²) in [5.41, 5.74) is 8.57. The van der Waals surface area contributed by atoms with Crippen LogP contribution < -0.4 is 0 Å². The average Bonchev–Trinajstić information content (AvgIpc) is 3.09. The molecule has 198 valence electrons. The summed E-state index contributed by atoms with van der Waals surface area (Å²) in [7, 11) is 0. The Morgan fingerprint density at radius 3 is 2.53 bits per heavy atom. The Balaban J connectivity index is 1.53. The summed E-state index contributed by atoms with van der Waals surface area (Å²) in [6.45, 7) is 4.62. The lowest BCUT2D eigenvalue weighted by molar-refractivity contribution is 0.0696. The van der Waals surface area contributed by atoms with Crippen LogP contribution in [-0.4, -0.2) is 42.3 Å². The van der Waals surface area contributed by atoms with E-state index in [4.69, 9.17) is 0 Å². The van der Waals surface area contributed by atoms with E-state index in [0.29, 0.717) is 24.3 Å². The second kappa shape index (κ2) is 11.6. The van der Waals surface area contributed by atoms with Crippen molar-refractivity contribution in [2.24, 2.45) is 5.92 Å². The average molecular weight is 516 g/mol. The topological polar surface area (TPSA) is 40.5 Å². The molecule has 2 aliphatic rings. The number of aryl methyl sites for hydroxylation is 1. The van der Waals surface area contributed by atoms with Gasteiger partial charge in [-0.3, -0.25) is 4.39 Å². The molecule has 3 aromatic carbocycles. The fourth-order valence-electron chi connectivity index (χ4n) is 6.13. The number of hydrogen-bond donors (Lipinski definition) is 1. The van der Waals surface area contributed by atoms with Crippen molar-refractivity contribution in [3.05, 3.63) is 105 Å². The van der Waals surface area contributed by atoms with E-state index in [1.165, 1.54) is 11.6 Å². The molecule has 0 radical (unpaired) electrons. The summed E-state index contributed by atoms with van der Waals surface area (Å²) in [5, 5.41) is 9.58. The van der Waals surface area contributed by atoms with Crippen molar-refractivity contribution in [2.45, 2.75) is 45.4 Å². The SMILES string of the molecule is CCc1c(F)cccc1C1=C(c2ccc(CC3CN(CCCF)C3)cc2)c2ccc(C(=O)O)cc2CCC1. The number of nitrogens with zero attached hydrogens (tertiary/aromatic N) is 1. The molecule has 1 saturated heterocycles. The van der Waals surface area contributed by atoms with Crippen LogP contribution in [0.25, 0.3) is 11.1 Å². The van der Waals surface area contributed by atoms with Gasteiger partial charge in [-0.05, 0) is 107 Å². The highest BCUT2D eigenvalue weighted by molar-refractivity contribution is 6.01. The van der Waals surface area contributed by atoms with E-state index in [1.807, 2.05) is 19.1 Å². The molecule has 0 amide bonds. The predicted octanol–water partition coefficient (Wildman–Crippen LogP) is 7.22. The normalized spacial score (nSPS) is 16.2. The monoisotopic (exact) mass is 515 g/mol. The summed E-state index contributed by atoms with van der Waals surface area (Å²) in [6.07, 6.45) is 4.65. The molecule has 38 heavy (non-hydrogen) atoms. The lowest BCUT2D eigenvalue weighted by Crippen LogP contribution is -2.47. The van der Waals surface area contributed by atoms with Gasteiger partial charge in [0.25, 0.3) is 0 Å². The zero-order chi connectivity index (χ0) is 26.6. The van der Waals surface area contributed by atoms with E-state index in [9.17, 15) is 18.7 Å². The van der Waals surface area contributed by atoms with Crippen LogP contribution in [0, 0.1) is 11.7 Å². The summed E-state index contributed by atoms with van der Waals surface area (Å²) in [4.78, 5) is 14.0. The molecule has 0 bridgehead atoms. The molecule has 3 aromatic rings. The molecule has 1 fully saturated rings. The third-order valence-electron chi connectivity index (χ3n) is 8.00. The van der Waals surface area contributed by atoms with Crippen LogP contribution in [-0.2, 0) is 19.3 Å². The first-order chi connectivity index (χ1) is 18.5. The number of carboxylic acid groups (broad SMARTS) is 1. The Bertz CT molecular complexity index is 1340. The minimum atomic E-state index is -0.926. The van der Waals surface area contributed by atoms with Gasteiger partial charge in [-0.2, -0.15) is 0 Å². The molecular formula is C33H35F2NO2. The van der Waals surface area contributed by atoms with Crippen LogP contribution >= 0.6 is 0 Å². The first-order valence-corrected chi connectivity index (χ1v) is 13.7. The Hall–Kier alpha value is -3.31. The van der Waals surface area contributed by atoms with Crippen LogP contribution in [0.4, 0.5) is 8.78 Å². The molecule has 0 unspecified atom stereocenters. The van der Waals surface area contributed by atoms with Crippen molar-refractivity contribution >= 4 is 17.1 Å². The predicted molar refractivity (Wildman–Crippen MR) is 149 cm³/mol. The number of carboxylic acids is 1. The number of rotatable bonds is 9. The number of allylic oxidation sites excluding steroid dienone is 1. The van der Waals surface area contributed by atoms with Crippen LogP contribution in [0.3, 0.4) is 0 Å². The Morgan fingerprint density at radius 2 is 1.82 bits per heavy atom. The number of carbonyl (C=O) groups is 1. The summed E-state index contributed by atoms with van der Waals surface area (Å²) >= 11 is 0. The fourth-order valence-corrected chi connectivity index (χ4v) is 6.13. The highest BCUT2D eigenvalue weighted by Gasteiger charge is 2.27. The van der Waals surface area contributed by atoms with Crippen LogP contribution in [0.2, 0.25) is 0 Å². The van der Waals surface area contributed by atoms with Crippen molar-refractivity contribution in [3.63, 3.8) is 0 Å². The number of fused-ring (bicyclic) bond motifs is 1. The maximum absolute atomic E-state index is 14.9. The maximum atomic E-state index is 14.9. The highest BCUT2D eigenvalue weighted by atomic mass is 19.1. The van der Waals surface area contributed by atoms with Crippen molar-refractivity contribution in [1.82, 2.24) is 4.90 Å². The second-order valence-corrected chi connectivity index (χ2v) is 10.6. The van der Waals surface area contributed by atoms with E-state index in [2.05, 4.69) is 29.2 Å². The molecule has 5 heteroatoms. The van der Waals surface area contributed by atoms with Gasteiger partial charge in [0, 0.05) is 19.6 Å². The molecule has 1 heterocycles. The lowest BCUT2D eigenvalue weighted by atomic mass is 9.84. The third-order valence-corrected chi connectivity index (χ3v) is 8.00. The van der Waals surface area contributed by atoms with Crippen LogP contribution in [0.1, 0.15) is 69.9 Å². The Kier molecular flexibility index (Phi) is 8.04. The van der Waals surface area contributed by atoms with Gasteiger partial charge in [0.1, 0.15) is 5.82 Å². The van der Waals surface area contributed by atoms with Gasteiger partial charge in [0.15, 0.2) is 0 Å². The number of halogens is 2. The summed E-state index contributed by atoms with van der Waals surface area (Å²) < 4.78 is 27.3. The summed E-state index contributed by atoms with van der Waals surface area (Å²) in [5.74, 6) is -0.508. The zero-order valence-electron chi connectivity index (χ0n) is 22.0. The van der Waals surface area contributed by atoms with E-state index < -0.39 is 5.97 Å². The molecule has 3 nitrogen and oxygen atoms in total. The van der Waals surface area contributed by atoms with Crippen molar-refractivity contribution in [3.8, 4) is 0 Å². The van der Waals surface area contributed by atoms with Crippen LogP contribution in [0.5, 0.6) is 0 Å². The number of hydrogen-bond acceptors (Lipinski definition) is 2. The number of likely N-dealkylation sites (tertiary alicyclic amines) is 1. The molecule has 0 atom stereocenters. The van der Waals surface area contributed by atoms with Gasteiger partial charge in [0.2, 0.25) is 0 Å². The largest absolute Gasteiger partial charge is 0.478 e. The molecule has 1 aliphatic carbocycles. The van der Waals surface area contributed by atoms with Gasteiger partial charge in [-0.1, -0.05) is 49.4 Å². The molecule has 0 saturated carbocycles. The minimum Gasteiger partial charge on any atom is -0.478 e. The van der Waals surface area contributed by atoms with Gasteiger partial charge in [0.05, 0.1) is 12.2 Å². The zero-order valence-corrected chi connectivity index (χ0v) is 22.0. The first-order valence-electron chi connectivity index (χ1n) is 13.7. The second-order valence-electron chi connectivity index (χ2n) is 10.6. The van der Waals surface area contributed by atoms with Gasteiger partial charge in [-0.25, -0.2) is 9.18 Å². The molecule has 1 N–H and O–H groups in total. The Morgan fingerprint density at radius 1 is 1.03 bits per heavy atom. The molecule has 1 aliphatic heterocycles. The van der Waals surface area contributed by atoms with E-state index in [1.54, 1.807) is 18.2 Å². The maximum Gasteiger partial charge on any atom is 0.335 e. The van der Waals surface area contributed by atoms with E-state index >= 15 is 0 Å². The summed E-state index contributed by atoms with van der Waals surface area (Å²) in [6, 6.07) is 19.4. The van der Waals surface area contributed by atoms with Crippen LogP contribution in [0.15, 0.2) is 60.7 Å². The van der Waals surface area contributed by atoms with Crippen molar-refractivity contribution < 1.29 is 18.7 Å². The van der Waals surface area contributed by atoms with E-state index in [0.717, 1.165) is 84.3 Å². The van der Waals surface area contributed by atoms with Gasteiger partial charge >= 0.3 is 5.97 Å². The molecule has 0 aromatic heterocycles.